The number of phenols is 1. The van der Waals surface area contributed by atoms with Crippen molar-refractivity contribution in [2.45, 2.75) is 18.9 Å². The van der Waals surface area contributed by atoms with E-state index in [0.29, 0.717) is 0 Å². The number of carboxylic acids is 2. The van der Waals surface area contributed by atoms with Gasteiger partial charge in [-0.1, -0.05) is 0 Å². The number of methoxy groups -OCH3 is 1. The van der Waals surface area contributed by atoms with Crippen LogP contribution in [0.25, 0.3) is 0 Å². The molecule has 0 bridgehead atoms. The summed E-state index contributed by atoms with van der Waals surface area (Å²) in [6.07, 6.45) is -0.609. The Kier molecular flexibility index (Phi) is 5.53. The number of amides is 1. The number of carbonyl (C=O) groups excluding carboxylic acids is 1. The minimum Gasteiger partial charge on any atom is -0.504 e. The second kappa shape index (κ2) is 7.13. The molecule has 21 heavy (non-hydrogen) atoms. The zero-order valence-corrected chi connectivity index (χ0v) is 11.2. The van der Waals surface area contributed by atoms with Crippen LogP contribution in [0.1, 0.15) is 23.2 Å². The van der Waals surface area contributed by atoms with Gasteiger partial charge in [-0.25, -0.2) is 4.79 Å². The fraction of sp³-hybridized carbons (Fsp3) is 0.308. The molecule has 1 atom stereocenters. The van der Waals surface area contributed by atoms with E-state index in [0.717, 1.165) is 0 Å². The standard InChI is InChI=1S/C13H15NO7/c1-21-10-6-7(2-4-9(10)15)12(18)14-8(13(19)20)3-5-11(16)17/h2,4,6,8,15H,3,5H2,1H3,(H,14,18)(H,16,17)(H,19,20)/t8-/m0/s1. The number of aromatic hydroxyl groups is 1. The first kappa shape index (κ1) is 16.3. The number of benzene rings is 1. The molecule has 0 saturated carbocycles. The lowest BCUT2D eigenvalue weighted by molar-refractivity contribution is -0.140. The summed E-state index contributed by atoms with van der Waals surface area (Å²) in [4.78, 5) is 33.4. The maximum Gasteiger partial charge on any atom is 0.326 e. The number of carboxylic acid groups (broad SMARTS) is 2. The maximum atomic E-state index is 11.9. The van der Waals surface area contributed by atoms with E-state index < -0.39 is 23.9 Å². The summed E-state index contributed by atoms with van der Waals surface area (Å²) in [7, 11) is 1.31. The van der Waals surface area contributed by atoms with Gasteiger partial charge in [0.2, 0.25) is 0 Å². The van der Waals surface area contributed by atoms with Crippen molar-refractivity contribution in [2.24, 2.45) is 0 Å². The van der Waals surface area contributed by atoms with Gasteiger partial charge in [0.15, 0.2) is 11.5 Å². The molecule has 8 heteroatoms. The molecule has 1 aromatic carbocycles. The monoisotopic (exact) mass is 297 g/mol. The van der Waals surface area contributed by atoms with Crippen molar-refractivity contribution >= 4 is 17.8 Å². The Balaban J connectivity index is 2.81. The topological polar surface area (TPSA) is 133 Å². The quantitative estimate of drug-likeness (QED) is 0.574. The molecule has 0 aliphatic carbocycles. The number of nitrogens with one attached hydrogen (secondary N) is 1. The fourth-order valence-electron chi connectivity index (χ4n) is 1.59. The molecule has 0 aliphatic rings. The van der Waals surface area contributed by atoms with Crippen LogP contribution in [-0.4, -0.2) is 46.3 Å². The molecule has 0 saturated heterocycles. The van der Waals surface area contributed by atoms with Crippen molar-refractivity contribution in [3.8, 4) is 11.5 Å². The second-order valence-electron chi connectivity index (χ2n) is 4.18. The van der Waals surface area contributed by atoms with Crippen LogP contribution in [0.3, 0.4) is 0 Å². The van der Waals surface area contributed by atoms with Gasteiger partial charge in [0.05, 0.1) is 7.11 Å². The summed E-state index contributed by atoms with van der Waals surface area (Å²) in [6, 6.07) is 2.47. The second-order valence-corrected chi connectivity index (χ2v) is 4.18. The number of hydrogen-bond acceptors (Lipinski definition) is 5. The number of ether oxygens (including phenoxy) is 1. The SMILES string of the molecule is COc1cc(C(=O)N[C@@H](CCC(=O)O)C(=O)O)ccc1O. The van der Waals surface area contributed by atoms with Crippen LogP contribution in [0, 0.1) is 0 Å². The first-order valence-corrected chi connectivity index (χ1v) is 5.97. The zero-order chi connectivity index (χ0) is 16.0. The average Bonchev–Trinajstić information content (AvgIpc) is 2.43. The van der Waals surface area contributed by atoms with E-state index in [1.807, 2.05) is 0 Å². The van der Waals surface area contributed by atoms with E-state index in [9.17, 15) is 19.5 Å². The van der Waals surface area contributed by atoms with Crippen molar-refractivity contribution < 1.29 is 34.4 Å². The van der Waals surface area contributed by atoms with Crippen LogP contribution in [0.5, 0.6) is 11.5 Å². The van der Waals surface area contributed by atoms with Crippen LogP contribution in [0.2, 0.25) is 0 Å². The van der Waals surface area contributed by atoms with Crippen LogP contribution in [0.15, 0.2) is 18.2 Å². The van der Waals surface area contributed by atoms with Crippen molar-refractivity contribution in [3.05, 3.63) is 23.8 Å². The Hall–Kier alpha value is -2.77. The highest BCUT2D eigenvalue weighted by atomic mass is 16.5. The first-order chi connectivity index (χ1) is 9.85. The lowest BCUT2D eigenvalue weighted by atomic mass is 10.1. The van der Waals surface area contributed by atoms with Gasteiger partial charge in [0.1, 0.15) is 6.04 Å². The van der Waals surface area contributed by atoms with Gasteiger partial charge < -0.3 is 25.4 Å². The molecule has 8 nitrogen and oxygen atoms in total. The summed E-state index contributed by atoms with van der Waals surface area (Å²) >= 11 is 0. The maximum absolute atomic E-state index is 11.9. The third-order valence-electron chi connectivity index (χ3n) is 2.69. The summed E-state index contributed by atoms with van der Waals surface area (Å²) in [6.45, 7) is 0. The molecule has 4 N–H and O–H groups in total. The Morgan fingerprint density at radius 2 is 1.95 bits per heavy atom. The molecule has 1 rings (SSSR count). The van der Waals surface area contributed by atoms with Crippen molar-refractivity contribution in [3.63, 3.8) is 0 Å². The van der Waals surface area contributed by atoms with Gasteiger partial charge in [-0.05, 0) is 24.6 Å². The number of aliphatic carboxylic acids is 2. The molecule has 0 aliphatic heterocycles. The Bertz CT molecular complexity index is 555. The molecule has 1 aromatic rings. The third-order valence-corrected chi connectivity index (χ3v) is 2.69. The van der Waals surface area contributed by atoms with Gasteiger partial charge in [0, 0.05) is 12.0 Å². The molecule has 114 valence electrons. The predicted molar refractivity (Wildman–Crippen MR) is 70.4 cm³/mol. The van der Waals surface area contributed by atoms with Gasteiger partial charge in [-0.15, -0.1) is 0 Å². The number of carbonyl (C=O) groups is 3. The van der Waals surface area contributed by atoms with E-state index in [1.165, 1.54) is 25.3 Å². The molecular formula is C13H15NO7. The molecule has 0 radical (unpaired) electrons. The number of phenolic OH excluding ortho intramolecular Hbond substituents is 1. The molecular weight excluding hydrogens is 282 g/mol. The highest BCUT2D eigenvalue weighted by Gasteiger charge is 2.22. The smallest absolute Gasteiger partial charge is 0.326 e. The lowest BCUT2D eigenvalue weighted by Gasteiger charge is -2.14. The Labute approximate surface area is 120 Å². The van der Waals surface area contributed by atoms with Gasteiger partial charge >= 0.3 is 11.9 Å². The Morgan fingerprint density at radius 3 is 2.48 bits per heavy atom. The summed E-state index contributed by atoms with van der Waals surface area (Å²) < 4.78 is 4.84. The molecule has 0 unspecified atom stereocenters. The highest BCUT2D eigenvalue weighted by molar-refractivity contribution is 5.97. The largest absolute Gasteiger partial charge is 0.504 e. The minimum atomic E-state index is -1.32. The highest BCUT2D eigenvalue weighted by Crippen LogP contribution is 2.26. The molecule has 0 aromatic heterocycles. The van der Waals surface area contributed by atoms with E-state index in [1.54, 1.807) is 0 Å². The van der Waals surface area contributed by atoms with E-state index >= 15 is 0 Å². The Morgan fingerprint density at radius 1 is 1.29 bits per heavy atom. The summed E-state index contributed by atoms with van der Waals surface area (Å²) in [5.41, 5.74) is 0.0891. The van der Waals surface area contributed by atoms with Crippen LogP contribution in [-0.2, 0) is 9.59 Å². The van der Waals surface area contributed by atoms with Gasteiger partial charge in [-0.3, -0.25) is 9.59 Å². The average molecular weight is 297 g/mol. The zero-order valence-electron chi connectivity index (χ0n) is 11.2. The summed E-state index contributed by atoms with van der Waals surface area (Å²) in [5.74, 6) is -3.27. The number of rotatable bonds is 7. The lowest BCUT2D eigenvalue weighted by Crippen LogP contribution is -2.41. The van der Waals surface area contributed by atoms with Crippen LogP contribution < -0.4 is 10.1 Å². The van der Waals surface area contributed by atoms with E-state index in [4.69, 9.17) is 14.9 Å². The summed E-state index contributed by atoms with van der Waals surface area (Å²) in [5, 5.41) is 29.1. The minimum absolute atomic E-state index is 0.0695. The molecule has 0 fully saturated rings. The van der Waals surface area contributed by atoms with E-state index in [2.05, 4.69) is 5.32 Å². The fourth-order valence-corrected chi connectivity index (χ4v) is 1.59. The van der Waals surface area contributed by atoms with Crippen LogP contribution in [0.4, 0.5) is 0 Å². The predicted octanol–water partition coefficient (Wildman–Crippen LogP) is 0.449. The van der Waals surface area contributed by atoms with Crippen molar-refractivity contribution in [1.82, 2.24) is 5.32 Å². The van der Waals surface area contributed by atoms with Crippen LogP contribution >= 0.6 is 0 Å². The van der Waals surface area contributed by atoms with Gasteiger partial charge in [0.25, 0.3) is 5.91 Å². The van der Waals surface area contributed by atoms with Gasteiger partial charge in [-0.2, -0.15) is 0 Å². The normalized spacial score (nSPS) is 11.5. The first-order valence-electron chi connectivity index (χ1n) is 5.97. The van der Waals surface area contributed by atoms with Crippen molar-refractivity contribution in [1.29, 1.82) is 0 Å². The van der Waals surface area contributed by atoms with Crippen molar-refractivity contribution in [2.75, 3.05) is 7.11 Å². The molecule has 1 amide bonds. The van der Waals surface area contributed by atoms with E-state index in [-0.39, 0.29) is 29.9 Å². The number of hydrogen-bond donors (Lipinski definition) is 4. The molecule has 0 spiro atoms. The molecule has 0 heterocycles. The third kappa shape index (κ3) is 4.68.